The van der Waals surface area contributed by atoms with Crippen LogP contribution in [0.15, 0.2) is 29.6 Å². The Morgan fingerprint density at radius 1 is 1.37 bits per heavy atom. The van der Waals surface area contributed by atoms with Crippen LogP contribution in [0.25, 0.3) is 0 Å². The average Bonchev–Trinajstić information content (AvgIpc) is 3.13. The Morgan fingerprint density at radius 2 is 2.11 bits per heavy atom. The summed E-state index contributed by atoms with van der Waals surface area (Å²) in [7, 11) is 3.68. The van der Waals surface area contributed by atoms with Gasteiger partial charge in [0, 0.05) is 30.6 Å². The van der Waals surface area contributed by atoms with Crippen molar-refractivity contribution in [3.63, 3.8) is 0 Å². The summed E-state index contributed by atoms with van der Waals surface area (Å²) < 4.78 is 5.45. The number of rotatable bonds is 7. The van der Waals surface area contributed by atoms with E-state index in [0.29, 0.717) is 25.9 Å². The predicted molar refractivity (Wildman–Crippen MR) is 109 cm³/mol. The number of methoxy groups -OCH3 is 1. The molecule has 144 valence electrons. The number of para-hydroxylation sites is 1. The van der Waals surface area contributed by atoms with E-state index in [4.69, 9.17) is 11.2 Å². The first-order chi connectivity index (χ1) is 13.0. The van der Waals surface area contributed by atoms with Gasteiger partial charge in [-0.05, 0) is 26.0 Å². The highest BCUT2D eigenvalue weighted by Gasteiger charge is 2.36. The van der Waals surface area contributed by atoms with Crippen LogP contribution in [-0.2, 0) is 18.7 Å². The highest BCUT2D eigenvalue weighted by atomic mass is 32.1. The van der Waals surface area contributed by atoms with Crippen LogP contribution in [0.3, 0.4) is 0 Å². The van der Waals surface area contributed by atoms with Crippen LogP contribution in [0.1, 0.15) is 29.1 Å². The van der Waals surface area contributed by atoms with Crippen LogP contribution in [0.4, 0.5) is 0 Å². The van der Waals surface area contributed by atoms with E-state index in [0.717, 1.165) is 36.1 Å². The standard InChI is InChI=1S/C21H27N3O2S/c1-4-11-23(2)15-20-22-19(16-27-20)21(25)9-12-24(13-10-21)14-17-7-5-6-8-18(17)26-3/h1,5-8,16,25H,9-15H2,2-3H3. The first kappa shape index (κ1) is 19.8. The number of likely N-dealkylation sites (tertiary alicyclic amines) is 1. The number of piperidine rings is 1. The first-order valence-corrected chi connectivity index (χ1v) is 10.1. The predicted octanol–water partition coefficient (Wildman–Crippen LogP) is 2.70. The molecule has 0 amide bonds. The molecule has 0 bridgehead atoms. The minimum Gasteiger partial charge on any atom is -0.496 e. The summed E-state index contributed by atoms with van der Waals surface area (Å²) in [6.45, 7) is 3.80. The molecule has 1 aliphatic heterocycles. The summed E-state index contributed by atoms with van der Waals surface area (Å²) in [5, 5.41) is 14.1. The Labute approximate surface area is 165 Å². The molecule has 2 aromatic rings. The van der Waals surface area contributed by atoms with Gasteiger partial charge in [-0.1, -0.05) is 24.1 Å². The summed E-state index contributed by atoms with van der Waals surface area (Å²) in [6.07, 6.45) is 6.72. The molecule has 0 saturated carbocycles. The van der Waals surface area contributed by atoms with Crippen molar-refractivity contribution in [1.29, 1.82) is 0 Å². The third kappa shape index (κ3) is 4.88. The van der Waals surface area contributed by atoms with Crippen molar-refractivity contribution in [3.05, 3.63) is 45.9 Å². The van der Waals surface area contributed by atoms with E-state index in [1.54, 1.807) is 18.4 Å². The zero-order chi connectivity index (χ0) is 19.3. The Bertz CT molecular complexity index is 791. The van der Waals surface area contributed by atoms with Gasteiger partial charge in [-0.2, -0.15) is 0 Å². The Balaban J connectivity index is 1.59. The number of thiazole rings is 1. The third-order valence-corrected chi connectivity index (χ3v) is 5.90. The summed E-state index contributed by atoms with van der Waals surface area (Å²) >= 11 is 1.59. The first-order valence-electron chi connectivity index (χ1n) is 9.17. The van der Waals surface area contributed by atoms with Gasteiger partial charge in [0.25, 0.3) is 0 Å². The largest absolute Gasteiger partial charge is 0.496 e. The van der Waals surface area contributed by atoms with Crippen LogP contribution in [0, 0.1) is 12.3 Å². The maximum atomic E-state index is 11.1. The molecule has 0 aliphatic carbocycles. The molecular formula is C21H27N3O2S. The molecule has 2 heterocycles. The maximum absolute atomic E-state index is 11.1. The molecule has 3 rings (SSSR count). The number of benzene rings is 1. The van der Waals surface area contributed by atoms with Gasteiger partial charge in [0.05, 0.1) is 25.9 Å². The van der Waals surface area contributed by atoms with Crippen molar-refractivity contribution < 1.29 is 9.84 Å². The van der Waals surface area contributed by atoms with E-state index in [-0.39, 0.29) is 0 Å². The molecule has 1 aliphatic rings. The van der Waals surface area contributed by atoms with E-state index in [1.807, 2.05) is 35.5 Å². The second-order valence-electron chi connectivity index (χ2n) is 7.12. The molecule has 5 nitrogen and oxygen atoms in total. The molecule has 1 N–H and O–H groups in total. The van der Waals surface area contributed by atoms with Gasteiger partial charge in [-0.25, -0.2) is 4.98 Å². The molecule has 27 heavy (non-hydrogen) atoms. The van der Waals surface area contributed by atoms with Gasteiger partial charge in [0.15, 0.2) is 0 Å². The van der Waals surface area contributed by atoms with Crippen molar-refractivity contribution in [2.24, 2.45) is 0 Å². The van der Waals surface area contributed by atoms with Crippen LogP contribution in [0.2, 0.25) is 0 Å². The van der Waals surface area contributed by atoms with E-state index in [9.17, 15) is 5.11 Å². The molecule has 6 heteroatoms. The Kier molecular flexibility index (Phi) is 6.51. The molecule has 1 aromatic heterocycles. The van der Waals surface area contributed by atoms with Gasteiger partial charge in [0.1, 0.15) is 16.4 Å². The molecule has 1 fully saturated rings. The molecular weight excluding hydrogens is 358 g/mol. The summed E-state index contributed by atoms with van der Waals surface area (Å²) in [5.41, 5.74) is 1.14. The van der Waals surface area contributed by atoms with Crippen molar-refractivity contribution in [1.82, 2.24) is 14.8 Å². The highest BCUT2D eigenvalue weighted by molar-refractivity contribution is 7.09. The van der Waals surface area contributed by atoms with Crippen LogP contribution in [0.5, 0.6) is 5.75 Å². The Hall–Kier alpha value is -1.91. The molecule has 0 atom stereocenters. The molecule has 0 spiro atoms. The SMILES string of the molecule is C#CCN(C)Cc1nc(C2(O)CCN(Cc3ccccc3OC)CC2)cs1. The van der Waals surface area contributed by atoms with Crippen LogP contribution >= 0.6 is 11.3 Å². The molecule has 1 aromatic carbocycles. The zero-order valence-electron chi connectivity index (χ0n) is 16.0. The highest BCUT2D eigenvalue weighted by Crippen LogP contribution is 2.34. The minimum atomic E-state index is -0.837. The average molecular weight is 386 g/mol. The van der Waals surface area contributed by atoms with Crippen LogP contribution < -0.4 is 4.74 Å². The third-order valence-electron chi connectivity index (χ3n) is 5.06. The van der Waals surface area contributed by atoms with Gasteiger partial charge < -0.3 is 9.84 Å². The van der Waals surface area contributed by atoms with Gasteiger partial charge >= 0.3 is 0 Å². The number of nitrogens with zero attached hydrogens (tertiary/aromatic N) is 3. The number of hydrogen-bond acceptors (Lipinski definition) is 6. The summed E-state index contributed by atoms with van der Waals surface area (Å²) in [6, 6.07) is 8.10. The molecule has 0 radical (unpaired) electrons. The zero-order valence-corrected chi connectivity index (χ0v) is 16.8. The molecule has 1 saturated heterocycles. The maximum Gasteiger partial charge on any atom is 0.123 e. The topological polar surface area (TPSA) is 48.8 Å². The Morgan fingerprint density at radius 3 is 2.81 bits per heavy atom. The second-order valence-corrected chi connectivity index (χ2v) is 8.07. The fourth-order valence-corrected chi connectivity index (χ4v) is 4.42. The number of aliphatic hydroxyl groups is 1. The smallest absolute Gasteiger partial charge is 0.123 e. The number of ether oxygens (including phenoxy) is 1. The quantitative estimate of drug-likeness (QED) is 0.743. The van der Waals surface area contributed by atoms with Gasteiger partial charge in [-0.15, -0.1) is 17.8 Å². The lowest BCUT2D eigenvalue weighted by molar-refractivity contribution is -0.0308. The fourth-order valence-electron chi connectivity index (χ4n) is 3.45. The molecule has 0 unspecified atom stereocenters. The monoisotopic (exact) mass is 385 g/mol. The van der Waals surface area contributed by atoms with E-state index >= 15 is 0 Å². The number of terminal acetylenes is 1. The van der Waals surface area contributed by atoms with Gasteiger partial charge in [0.2, 0.25) is 0 Å². The normalized spacial score (nSPS) is 17.0. The van der Waals surface area contributed by atoms with E-state index in [1.165, 1.54) is 5.56 Å². The van der Waals surface area contributed by atoms with Crippen molar-refractivity contribution in [2.75, 3.05) is 33.8 Å². The fraction of sp³-hybridized carbons (Fsp3) is 0.476. The second kappa shape index (κ2) is 8.85. The lowest BCUT2D eigenvalue weighted by Crippen LogP contribution is -2.42. The van der Waals surface area contributed by atoms with Crippen molar-refractivity contribution >= 4 is 11.3 Å². The lowest BCUT2D eigenvalue weighted by atomic mass is 9.88. The van der Waals surface area contributed by atoms with Crippen molar-refractivity contribution in [3.8, 4) is 18.1 Å². The van der Waals surface area contributed by atoms with E-state index < -0.39 is 5.60 Å². The minimum absolute atomic E-state index is 0.594. The van der Waals surface area contributed by atoms with Crippen molar-refractivity contribution in [2.45, 2.75) is 31.5 Å². The number of hydrogen-bond donors (Lipinski definition) is 1. The summed E-state index contributed by atoms with van der Waals surface area (Å²) in [5.74, 6) is 3.55. The van der Waals surface area contributed by atoms with Crippen LogP contribution in [-0.4, -0.2) is 53.7 Å². The van der Waals surface area contributed by atoms with Gasteiger partial charge in [-0.3, -0.25) is 9.80 Å². The number of aromatic nitrogens is 1. The van der Waals surface area contributed by atoms with E-state index in [2.05, 4.69) is 21.9 Å². The summed E-state index contributed by atoms with van der Waals surface area (Å²) in [4.78, 5) is 9.09. The lowest BCUT2D eigenvalue weighted by Gasteiger charge is -2.37.